The molecular weight excluding hydrogens is 258 g/mol. The smallest absolute Gasteiger partial charge is 0.260 e. The molecular formula is C15H21NO4. The molecule has 0 saturated carbocycles. The fourth-order valence-corrected chi connectivity index (χ4v) is 2.08. The van der Waals surface area contributed by atoms with Crippen molar-refractivity contribution in [2.75, 3.05) is 20.3 Å². The molecule has 20 heavy (non-hydrogen) atoms. The van der Waals surface area contributed by atoms with Crippen molar-refractivity contribution in [2.24, 2.45) is 0 Å². The zero-order valence-electron chi connectivity index (χ0n) is 11.9. The van der Waals surface area contributed by atoms with Crippen LogP contribution < -0.4 is 14.8 Å². The van der Waals surface area contributed by atoms with Gasteiger partial charge in [-0.2, -0.15) is 0 Å². The van der Waals surface area contributed by atoms with Gasteiger partial charge in [-0.05, 0) is 44.0 Å². The maximum absolute atomic E-state index is 11.9. The Morgan fingerprint density at radius 2 is 2.10 bits per heavy atom. The Kier molecular flexibility index (Phi) is 5.24. The second-order valence-corrected chi connectivity index (χ2v) is 4.82. The van der Waals surface area contributed by atoms with Gasteiger partial charge in [-0.25, -0.2) is 0 Å². The zero-order valence-corrected chi connectivity index (χ0v) is 11.9. The summed E-state index contributed by atoms with van der Waals surface area (Å²) >= 11 is 0. The average molecular weight is 279 g/mol. The summed E-state index contributed by atoms with van der Waals surface area (Å²) in [5.74, 6) is 1.27. The minimum Gasteiger partial charge on any atom is -0.497 e. The van der Waals surface area contributed by atoms with Crippen molar-refractivity contribution in [2.45, 2.75) is 32.0 Å². The van der Waals surface area contributed by atoms with E-state index in [2.05, 4.69) is 5.32 Å². The first-order chi connectivity index (χ1) is 9.69. The normalized spacial score (nSPS) is 19.4. The highest BCUT2D eigenvalue weighted by atomic mass is 16.5. The molecule has 1 aliphatic rings. The molecule has 0 bridgehead atoms. The van der Waals surface area contributed by atoms with Crippen LogP contribution in [-0.2, 0) is 9.53 Å². The van der Waals surface area contributed by atoms with Gasteiger partial charge in [0.2, 0.25) is 0 Å². The highest BCUT2D eigenvalue weighted by Crippen LogP contribution is 2.18. The maximum Gasteiger partial charge on any atom is 0.260 e. The first kappa shape index (κ1) is 14.7. The molecule has 1 saturated heterocycles. The predicted octanol–water partition coefficient (Wildman–Crippen LogP) is 1.76. The van der Waals surface area contributed by atoms with Crippen LogP contribution in [0, 0.1) is 0 Å². The molecule has 1 amide bonds. The van der Waals surface area contributed by atoms with Crippen LogP contribution in [-0.4, -0.2) is 38.4 Å². The molecule has 1 aliphatic heterocycles. The van der Waals surface area contributed by atoms with E-state index in [1.165, 1.54) is 0 Å². The van der Waals surface area contributed by atoms with Gasteiger partial charge in [-0.3, -0.25) is 4.79 Å². The number of hydrogen-bond donors (Lipinski definition) is 1. The fourth-order valence-electron chi connectivity index (χ4n) is 2.08. The summed E-state index contributed by atoms with van der Waals surface area (Å²) in [5, 5.41) is 2.85. The lowest BCUT2D eigenvalue weighted by Gasteiger charge is -2.16. The Morgan fingerprint density at radius 3 is 2.70 bits per heavy atom. The maximum atomic E-state index is 11.9. The van der Waals surface area contributed by atoms with Crippen LogP contribution in [0.4, 0.5) is 0 Å². The average Bonchev–Trinajstić information content (AvgIpc) is 2.98. The number of methoxy groups -OCH3 is 1. The Morgan fingerprint density at radius 1 is 1.40 bits per heavy atom. The van der Waals surface area contributed by atoms with Gasteiger partial charge in [0.1, 0.15) is 11.5 Å². The van der Waals surface area contributed by atoms with Crippen molar-refractivity contribution < 1.29 is 19.0 Å². The summed E-state index contributed by atoms with van der Waals surface area (Å²) in [4.78, 5) is 11.9. The Hall–Kier alpha value is -1.75. The van der Waals surface area contributed by atoms with E-state index in [9.17, 15) is 4.79 Å². The number of carbonyl (C=O) groups is 1. The first-order valence-electron chi connectivity index (χ1n) is 6.89. The van der Waals surface area contributed by atoms with Crippen molar-refractivity contribution in [1.29, 1.82) is 0 Å². The number of amides is 1. The molecule has 1 N–H and O–H groups in total. The van der Waals surface area contributed by atoms with Crippen molar-refractivity contribution in [1.82, 2.24) is 5.32 Å². The molecule has 1 aromatic carbocycles. The summed E-state index contributed by atoms with van der Waals surface area (Å²) in [6, 6.07) is 7.16. The van der Waals surface area contributed by atoms with E-state index in [4.69, 9.17) is 14.2 Å². The number of hydrogen-bond acceptors (Lipinski definition) is 4. The third kappa shape index (κ3) is 4.13. The van der Waals surface area contributed by atoms with E-state index < -0.39 is 6.10 Å². The van der Waals surface area contributed by atoms with Gasteiger partial charge in [0.15, 0.2) is 6.10 Å². The third-order valence-electron chi connectivity index (χ3n) is 3.27. The van der Waals surface area contributed by atoms with E-state index in [0.29, 0.717) is 12.3 Å². The monoisotopic (exact) mass is 279 g/mol. The van der Waals surface area contributed by atoms with Crippen LogP contribution in [0.2, 0.25) is 0 Å². The molecule has 0 unspecified atom stereocenters. The Balaban J connectivity index is 1.77. The molecule has 1 fully saturated rings. The molecule has 0 aliphatic carbocycles. The molecule has 5 heteroatoms. The molecule has 0 radical (unpaired) electrons. The molecule has 1 aromatic rings. The molecule has 2 rings (SSSR count). The number of nitrogens with one attached hydrogen (secondary N) is 1. The topological polar surface area (TPSA) is 56.8 Å². The second-order valence-electron chi connectivity index (χ2n) is 4.82. The fraction of sp³-hybridized carbons (Fsp3) is 0.533. The van der Waals surface area contributed by atoms with E-state index in [1.807, 2.05) is 0 Å². The van der Waals surface area contributed by atoms with Crippen LogP contribution in [0.3, 0.4) is 0 Å². The van der Waals surface area contributed by atoms with E-state index in [1.54, 1.807) is 38.3 Å². The minimum atomic E-state index is -0.537. The van der Waals surface area contributed by atoms with Crippen LogP contribution >= 0.6 is 0 Å². The summed E-state index contributed by atoms with van der Waals surface area (Å²) in [7, 11) is 1.61. The van der Waals surface area contributed by atoms with E-state index in [0.717, 1.165) is 25.2 Å². The summed E-state index contributed by atoms with van der Waals surface area (Å²) < 4.78 is 16.1. The van der Waals surface area contributed by atoms with E-state index in [-0.39, 0.29) is 12.0 Å². The Bertz CT molecular complexity index is 426. The van der Waals surface area contributed by atoms with E-state index >= 15 is 0 Å². The van der Waals surface area contributed by atoms with Gasteiger partial charge >= 0.3 is 0 Å². The lowest BCUT2D eigenvalue weighted by atomic mass is 10.2. The number of ether oxygens (including phenoxy) is 3. The molecule has 2 atom stereocenters. The van der Waals surface area contributed by atoms with Crippen molar-refractivity contribution in [3.63, 3.8) is 0 Å². The quantitative estimate of drug-likeness (QED) is 0.862. The van der Waals surface area contributed by atoms with Crippen molar-refractivity contribution in [3.8, 4) is 11.5 Å². The highest BCUT2D eigenvalue weighted by Gasteiger charge is 2.19. The van der Waals surface area contributed by atoms with Gasteiger partial charge in [0.25, 0.3) is 5.91 Å². The largest absolute Gasteiger partial charge is 0.497 e. The molecule has 110 valence electrons. The number of rotatable bonds is 6. The molecule has 1 heterocycles. The van der Waals surface area contributed by atoms with Gasteiger partial charge in [0.05, 0.1) is 13.2 Å². The standard InChI is InChI=1S/C15H21NO4/c1-11(15(17)16-10-14-4-3-9-19-14)20-13-7-5-12(18-2)6-8-13/h5-8,11,14H,3-4,9-10H2,1-2H3,(H,16,17)/t11-,14-/m1/s1. The lowest BCUT2D eigenvalue weighted by Crippen LogP contribution is -2.40. The van der Waals surface area contributed by atoms with Crippen molar-refractivity contribution in [3.05, 3.63) is 24.3 Å². The Labute approximate surface area is 119 Å². The summed E-state index contributed by atoms with van der Waals surface area (Å²) in [6.45, 7) is 3.07. The lowest BCUT2D eigenvalue weighted by molar-refractivity contribution is -0.127. The minimum absolute atomic E-state index is 0.128. The number of benzene rings is 1. The van der Waals surface area contributed by atoms with Gasteiger partial charge in [-0.15, -0.1) is 0 Å². The molecule has 5 nitrogen and oxygen atoms in total. The highest BCUT2D eigenvalue weighted by molar-refractivity contribution is 5.80. The number of carbonyl (C=O) groups excluding carboxylic acids is 1. The molecule has 0 aromatic heterocycles. The van der Waals surface area contributed by atoms with Gasteiger partial charge in [0, 0.05) is 13.2 Å². The molecule has 0 spiro atoms. The summed E-state index contributed by atoms with van der Waals surface area (Å²) in [6.07, 6.45) is 1.68. The van der Waals surface area contributed by atoms with Crippen LogP contribution in [0.5, 0.6) is 11.5 Å². The van der Waals surface area contributed by atoms with Crippen LogP contribution in [0.15, 0.2) is 24.3 Å². The van der Waals surface area contributed by atoms with Crippen LogP contribution in [0.25, 0.3) is 0 Å². The third-order valence-corrected chi connectivity index (χ3v) is 3.27. The van der Waals surface area contributed by atoms with Crippen LogP contribution in [0.1, 0.15) is 19.8 Å². The zero-order chi connectivity index (χ0) is 14.4. The SMILES string of the molecule is COc1ccc(O[C@H](C)C(=O)NC[C@H]2CCCO2)cc1. The second kappa shape index (κ2) is 7.14. The van der Waals surface area contributed by atoms with Gasteiger partial charge < -0.3 is 19.5 Å². The van der Waals surface area contributed by atoms with Gasteiger partial charge in [-0.1, -0.05) is 0 Å². The predicted molar refractivity (Wildman–Crippen MR) is 75.1 cm³/mol. The summed E-state index contributed by atoms with van der Waals surface area (Å²) in [5.41, 5.74) is 0. The first-order valence-corrected chi connectivity index (χ1v) is 6.89. The van der Waals surface area contributed by atoms with Crippen molar-refractivity contribution >= 4 is 5.91 Å².